The van der Waals surface area contributed by atoms with Gasteiger partial charge in [0.05, 0.1) is 11.2 Å². The number of aryl methyl sites for hydroxylation is 3. The predicted octanol–water partition coefficient (Wildman–Crippen LogP) is 4.97. The molecule has 0 amide bonds. The second kappa shape index (κ2) is 4.71. The van der Waals surface area contributed by atoms with E-state index in [1.807, 2.05) is 13.0 Å². The van der Waals surface area contributed by atoms with Crippen molar-refractivity contribution in [3.8, 4) is 11.3 Å². The van der Waals surface area contributed by atoms with Gasteiger partial charge in [0.1, 0.15) is 5.82 Å². The van der Waals surface area contributed by atoms with Crippen LogP contribution in [0.5, 0.6) is 0 Å². The summed E-state index contributed by atoms with van der Waals surface area (Å²) in [7, 11) is 0. The molecule has 0 unspecified atom stereocenters. The first-order chi connectivity index (χ1) is 9.52. The zero-order chi connectivity index (χ0) is 14.3. The molecule has 0 saturated carbocycles. The molecular formula is C18H16FN. The lowest BCUT2D eigenvalue weighted by Crippen LogP contribution is -1.91. The monoisotopic (exact) mass is 265 g/mol. The molecule has 100 valence electrons. The summed E-state index contributed by atoms with van der Waals surface area (Å²) in [5.41, 5.74) is 6.37. The van der Waals surface area contributed by atoms with E-state index in [0.717, 1.165) is 27.7 Å². The molecular weight excluding hydrogens is 249 g/mol. The van der Waals surface area contributed by atoms with Crippen molar-refractivity contribution in [3.63, 3.8) is 0 Å². The van der Waals surface area contributed by atoms with Crippen LogP contribution in [0.15, 0.2) is 42.5 Å². The summed E-state index contributed by atoms with van der Waals surface area (Å²) in [6.45, 7) is 6.16. The van der Waals surface area contributed by atoms with Gasteiger partial charge in [0.25, 0.3) is 0 Å². The van der Waals surface area contributed by atoms with Crippen molar-refractivity contribution >= 4 is 10.9 Å². The number of halogens is 1. The Morgan fingerprint density at radius 1 is 0.850 bits per heavy atom. The molecule has 0 aliphatic carbocycles. The summed E-state index contributed by atoms with van der Waals surface area (Å²) >= 11 is 0. The van der Waals surface area contributed by atoms with Crippen molar-refractivity contribution < 1.29 is 4.39 Å². The zero-order valence-corrected chi connectivity index (χ0v) is 11.9. The fraction of sp³-hybridized carbons (Fsp3) is 0.167. The van der Waals surface area contributed by atoms with E-state index in [-0.39, 0.29) is 5.82 Å². The van der Waals surface area contributed by atoms with Crippen LogP contribution in [0.25, 0.3) is 22.2 Å². The second-order valence-electron chi connectivity index (χ2n) is 5.36. The average molecular weight is 265 g/mol. The molecule has 20 heavy (non-hydrogen) atoms. The average Bonchev–Trinajstić information content (AvgIpc) is 2.38. The molecule has 0 fully saturated rings. The molecule has 0 saturated heterocycles. The summed E-state index contributed by atoms with van der Waals surface area (Å²) < 4.78 is 13.3. The summed E-state index contributed by atoms with van der Waals surface area (Å²) in [6, 6.07) is 13.2. The first-order valence-electron chi connectivity index (χ1n) is 6.68. The molecule has 0 aliphatic heterocycles. The highest BCUT2D eigenvalue weighted by Gasteiger charge is 2.07. The van der Waals surface area contributed by atoms with Crippen molar-refractivity contribution in [1.29, 1.82) is 0 Å². The Morgan fingerprint density at radius 3 is 2.25 bits per heavy atom. The minimum absolute atomic E-state index is 0.221. The van der Waals surface area contributed by atoms with Gasteiger partial charge in [-0.2, -0.15) is 0 Å². The maximum Gasteiger partial charge on any atom is 0.123 e. The van der Waals surface area contributed by atoms with Crippen LogP contribution >= 0.6 is 0 Å². The third-order valence-corrected chi connectivity index (χ3v) is 3.50. The van der Waals surface area contributed by atoms with Gasteiger partial charge in [0, 0.05) is 10.9 Å². The Balaban J connectivity index is 2.24. The minimum Gasteiger partial charge on any atom is -0.248 e. The maximum absolute atomic E-state index is 13.3. The van der Waals surface area contributed by atoms with Gasteiger partial charge in [-0.3, -0.25) is 0 Å². The fourth-order valence-electron chi connectivity index (χ4n) is 2.64. The highest BCUT2D eigenvalue weighted by Crippen LogP contribution is 2.26. The molecule has 1 heterocycles. The number of fused-ring (bicyclic) bond motifs is 1. The molecule has 0 N–H and O–H groups in total. The van der Waals surface area contributed by atoms with Crippen LogP contribution in [0.4, 0.5) is 4.39 Å². The molecule has 2 heteroatoms. The lowest BCUT2D eigenvalue weighted by molar-refractivity contribution is 0.629. The molecule has 2 aromatic carbocycles. The molecule has 0 atom stereocenters. The SMILES string of the molecule is Cc1cc(C)cc(-c2cc(C)c3cc(F)ccc3n2)c1. The first-order valence-corrected chi connectivity index (χ1v) is 6.68. The number of nitrogens with zero attached hydrogens (tertiary/aromatic N) is 1. The first kappa shape index (κ1) is 12.8. The van der Waals surface area contributed by atoms with Crippen molar-refractivity contribution in [2.24, 2.45) is 0 Å². The number of rotatable bonds is 1. The maximum atomic E-state index is 13.3. The summed E-state index contributed by atoms with van der Waals surface area (Å²) in [4.78, 5) is 4.66. The highest BCUT2D eigenvalue weighted by molar-refractivity contribution is 5.85. The van der Waals surface area contributed by atoms with Gasteiger partial charge < -0.3 is 0 Å². The van der Waals surface area contributed by atoms with E-state index in [9.17, 15) is 4.39 Å². The third-order valence-electron chi connectivity index (χ3n) is 3.50. The van der Waals surface area contributed by atoms with Gasteiger partial charge in [-0.15, -0.1) is 0 Å². The highest BCUT2D eigenvalue weighted by atomic mass is 19.1. The Bertz CT molecular complexity index is 786. The molecule has 1 nitrogen and oxygen atoms in total. The number of pyridine rings is 1. The molecule has 3 rings (SSSR count). The minimum atomic E-state index is -0.221. The second-order valence-corrected chi connectivity index (χ2v) is 5.36. The van der Waals surface area contributed by atoms with Crippen LogP contribution in [-0.2, 0) is 0 Å². The number of hydrogen-bond donors (Lipinski definition) is 0. The van der Waals surface area contributed by atoms with Gasteiger partial charge in [0.15, 0.2) is 0 Å². The van der Waals surface area contributed by atoms with E-state index in [0.29, 0.717) is 0 Å². The number of hydrogen-bond acceptors (Lipinski definition) is 1. The van der Waals surface area contributed by atoms with Gasteiger partial charge in [-0.1, -0.05) is 17.2 Å². The standard InChI is InChI=1S/C18H16FN/c1-11-6-12(2)8-14(7-11)18-9-13(3)16-10-15(19)4-5-17(16)20-18/h4-10H,1-3H3. The van der Waals surface area contributed by atoms with Gasteiger partial charge >= 0.3 is 0 Å². The smallest absolute Gasteiger partial charge is 0.123 e. The Labute approximate surface area is 118 Å². The van der Waals surface area contributed by atoms with E-state index in [1.165, 1.54) is 17.2 Å². The Morgan fingerprint density at radius 2 is 1.55 bits per heavy atom. The van der Waals surface area contributed by atoms with Crippen molar-refractivity contribution in [3.05, 3.63) is 65.0 Å². The number of benzene rings is 2. The summed E-state index contributed by atoms with van der Waals surface area (Å²) in [5, 5.41) is 0.873. The van der Waals surface area contributed by atoms with Crippen LogP contribution in [0.3, 0.4) is 0 Å². The van der Waals surface area contributed by atoms with Crippen molar-refractivity contribution in [2.45, 2.75) is 20.8 Å². The third kappa shape index (κ3) is 2.29. The normalized spacial score (nSPS) is 11.0. The van der Waals surface area contributed by atoms with Gasteiger partial charge in [-0.25, -0.2) is 9.37 Å². The van der Waals surface area contributed by atoms with Crippen molar-refractivity contribution in [2.75, 3.05) is 0 Å². The van der Waals surface area contributed by atoms with E-state index in [1.54, 1.807) is 12.1 Å². The quantitative estimate of drug-likeness (QED) is 0.605. The molecule has 3 aromatic rings. The molecule has 0 radical (unpaired) electrons. The van der Waals surface area contributed by atoms with Gasteiger partial charge in [-0.05, 0) is 62.7 Å². The predicted molar refractivity (Wildman–Crippen MR) is 81.3 cm³/mol. The zero-order valence-electron chi connectivity index (χ0n) is 11.9. The Hall–Kier alpha value is -2.22. The molecule has 1 aromatic heterocycles. The molecule has 0 bridgehead atoms. The van der Waals surface area contributed by atoms with Crippen LogP contribution in [0.1, 0.15) is 16.7 Å². The van der Waals surface area contributed by atoms with E-state index in [4.69, 9.17) is 0 Å². The molecule has 0 aliphatic rings. The fourth-order valence-corrected chi connectivity index (χ4v) is 2.64. The largest absolute Gasteiger partial charge is 0.248 e. The van der Waals surface area contributed by atoms with Crippen LogP contribution in [0, 0.1) is 26.6 Å². The van der Waals surface area contributed by atoms with Crippen LogP contribution in [0.2, 0.25) is 0 Å². The number of aromatic nitrogens is 1. The van der Waals surface area contributed by atoms with Gasteiger partial charge in [0.2, 0.25) is 0 Å². The van der Waals surface area contributed by atoms with Crippen molar-refractivity contribution in [1.82, 2.24) is 4.98 Å². The Kier molecular flexibility index (Phi) is 3.01. The molecule has 0 spiro atoms. The lowest BCUT2D eigenvalue weighted by atomic mass is 10.0. The van der Waals surface area contributed by atoms with Crippen LogP contribution in [-0.4, -0.2) is 4.98 Å². The van der Waals surface area contributed by atoms with E-state index in [2.05, 4.69) is 37.0 Å². The topological polar surface area (TPSA) is 12.9 Å². The lowest BCUT2D eigenvalue weighted by Gasteiger charge is -2.08. The van der Waals surface area contributed by atoms with E-state index < -0.39 is 0 Å². The summed E-state index contributed by atoms with van der Waals surface area (Å²) in [5.74, 6) is -0.221. The van der Waals surface area contributed by atoms with Crippen LogP contribution < -0.4 is 0 Å². The summed E-state index contributed by atoms with van der Waals surface area (Å²) in [6.07, 6.45) is 0. The van der Waals surface area contributed by atoms with E-state index >= 15 is 0 Å².